The number of hydrogen-bond acceptors (Lipinski definition) is 9. The van der Waals surface area contributed by atoms with Crippen molar-refractivity contribution in [2.75, 3.05) is 40.2 Å². The van der Waals surface area contributed by atoms with E-state index in [1.54, 1.807) is 45.4 Å². The van der Waals surface area contributed by atoms with Gasteiger partial charge >= 0.3 is 5.97 Å². The van der Waals surface area contributed by atoms with Crippen molar-refractivity contribution in [1.82, 2.24) is 14.7 Å². The molecule has 1 aromatic carbocycles. The quantitative estimate of drug-likeness (QED) is 0.371. The maximum atomic E-state index is 13.0. The maximum Gasteiger partial charge on any atom is 0.341 e. The van der Waals surface area contributed by atoms with Gasteiger partial charge in [0.25, 0.3) is 11.8 Å². The van der Waals surface area contributed by atoms with Crippen LogP contribution in [0.3, 0.4) is 0 Å². The second-order valence-electron chi connectivity index (χ2n) is 8.06. The molecular weight excluding hydrogens is 500 g/mol. The van der Waals surface area contributed by atoms with Gasteiger partial charge in [-0.3, -0.25) is 9.59 Å². The van der Waals surface area contributed by atoms with E-state index in [1.807, 2.05) is 6.92 Å². The highest BCUT2D eigenvalue weighted by molar-refractivity contribution is 7.18. The van der Waals surface area contributed by atoms with Gasteiger partial charge in [-0.25, -0.2) is 9.48 Å². The second kappa shape index (κ2) is 12.3. The zero-order valence-corrected chi connectivity index (χ0v) is 22.4. The number of thiophene rings is 1. The number of nitrogens with one attached hydrogen (secondary N) is 1. The van der Waals surface area contributed by atoms with Crippen molar-refractivity contribution in [1.29, 1.82) is 0 Å². The average molecular weight is 531 g/mol. The van der Waals surface area contributed by atoms with Crippen molar-refractivity contribution >= 4 is 34.1 Å². The molecule has 3 aromatic rings. The molecule has 0 aliphatic rings. The topological polar surface area (TPSA) is 121 Å². The molecule has 11 nitrogen and oxygen atoms in total. The Balaban J connectivity index is 1.80. The summed E-state index contributed by atoms with van der Waals surface area (Å²) in [5, 5.41) is 7.20. The molecule has 0 radical (unpaired) electrons. The Bertz CT molecular complexity index is 1260. The van der Waals surface area contributed by atoms with Gasteiger partial charge in [0, 0.05) is 20.3 Å². The number of ether oxygens (including phenoxy) is 4. The maximum absolute atomic E-state index is 13.0. The van der Waals surface area contributed by atoms with Crippen molar-refractivity contribution in [3.63, 3.8) is 0 Å². The van der Waals surface area contributed by atoms with Crippen molar-refractivity contribution in [3.05, 3.63) is 52.2 Å². The number of hydrogen-bond donors (Lipinski definition) is 1. The molecule has 0 aliphatic heterocycles. The minimum absolute atomic E-state index is 0.0157. The summed E-state index contributed by atoms with van der Waals surface area (Å²) in [6, 6.07) is 6.76. The molecule has 0 bridgehead atoms. The third kappa shape index (κ3) is 6.20. The van der Waals surface area contributed by atoms with Crippen molar-refractivity contribution in [3.8, 4) is 17.2 Å². The molecule has 2 amide bonds. The standard InChI is InChI=1S/C25H30N4O7S/c1-7-13-35-25(32)19-15(2)21(24(31)28(3)4)37-23(19)26-22(30)16-11-12-29(27-16)14-36-20-17(33-5)9-8-10-18(20)34-6/h8-12H,7,13-14H2,1-6H3,(H,26,30). The van der Waals surface area contributed by atoms with E-state index < -0.39 is 11.9 Å². The number of anilines is 1. The molecule has 0 saturated carbocycles. The second-order valence-corrected chi connectivity index (χ2v) is 9.08. The van der Waals surface area contributed by atoms with Crippen LogP contribution in [0.4, 0.5) is 5.00 Å². The number of amides is 2. The van der Waals surface area contributed by atoms with Crippen LogP contribution in [0.25, 0.3) is 0 Å². The third-order valence-electron chi connectivity index (χ3n) is 5.21. The van der Waals surface area contributed by atoms with E-state index in [2.05, 4.69) is 10.4 Å². The number of para-hydroxylation sites is 1. The molecule has 3 rings (SSSR count). The Hall–Kier alpha value is -4.06. The van der Waals surface area contributed by atoms with E-state index in [0.29, 0.717) is 34.1 Å². The lowest BCUT2D eigenvalue weighted by Gasteiger charge is -2.13. The fourth-order valence-electron chi connectivity index (χ4n) is 3.33. The van der Waals surface area contributed by atoms with Crippen LogP contribution >= 0.6 is 11.3 Å². The molecule has 0 spiro atoms. The van der Waals surface area contributed by atoms with Crippen LogP contribution < -0.4 is 19.5 Å². The normalized spacial score (nSPS) is 10.5. The summed E-state index contributed by atoms with van der Waals surface area (Å²) < 4.78 is 23.2. The molecule has 2 heterocycles. The monoisotopic (exact) mass is 530 g/mol. The third-order valence-corrected chi connectivity index (χ3v) is 6.41. The molecule has 198 valence electrons. The SMILES string of the molecule is CCCOC(=O)c1c(NC(=O)c2ccn(COc3c(OC)cccc3OC)n2)sc(C(=O)N(C)C)c1C. The van der Waals surface area contributed by atoms with Crippen LogP contribution in [-0.2, 0) is 11.5 Å². The molecule has 12 heteroatoms. The molecule has 0 saturated heterocycles. The Labute approximate surface area is 218 Å². The first kappa shape index (κ1) is 27.5. The summed E-state index contributed by atoms with van der Waals surface area (Å²) in [6.07, 6.45) is 2.22. The number of nitrogens with zero attached hydrogens (tertiary/aromatic N) is 3. The molecule has 1 N–H and O–H groups in total. The van der Waals surface area contributed by atoms with Crippen LogP contribution in [0.2, 0.25) is 0 Å². The van der Waals surface area contributed by atoms with Gasteiger partial charge in [0.1, 0.15) is 5.00 Å². The zero-order valence-electron chi connectivity index (χ0n) is 21.6. The summed E-state index contributed by atoms with van der Waals surface area (Å²) in [5.74, 6) is -0.0556. The number of benzene rings is 1. The summed E-state index contributed by atoms with van der Waals surface area (Å²) in [4.78, 5) is 40.1. The largest absolute Gasteiger partial charge is 0.493 e. The highest BCUT2D eigenvalue weighted by Crippen LogP contribution is 2.37. The number of aromatic nitrogens is 2. The van der Waals surface area contributed by atoms with Crippen LogP contribution in [-0.4, -0.2) is 67.4 Å². The lowest BCUT2D eigenvalue weighted by Crippen LogP contribution is -2.21. The molecule has 0 fully saturated rings. The van der Waals surface area contributed by atoms with Crippen LogP contribution in [0.1, 0.15) is 49.4 Å². The van der Waals surface area contributed by atoms with Crippen LogP contribution in [0.15, 0.2) is 30.5 Å². The predicted octanol–water partition coefficient (Wildman–Crippen LogP) is 3.83. The molecule has 37 heavy (non-hydrogen) atoms. The number of carbonyl (C=O) groups excluding carboxylic acids is 3. The minimum atomic E-state index is -0.603. The minimum Gasteiger partial charge on any atom is -0.493 e. The highest BCUT2D eigenvalue weighted by Gasteiger charge is 2.28. The Morgan fingerprint density at radius 1 is 1.11 bits per heavy atom. The first-order valence-electron chi connectivity index (χ1n) is 11.4. The van der Waals surface area contributed by atoms with Gasteiger partial charge in [0.15, 0.2) is 23.9 Å². The van der Waals surface area contributed by atoms with Gasteiger partial charge in [0.2, 0.25) is 5.75 Å². The van der Waals surface area contributed by atoms with Crippen LogP contribution in [0.5, 0.6) is 17.2 Å². The fourth-order valence-corrected chi connectivity index (χ4v) is 4.54. The number of carbonyl (C=O) groups is 3. The predicted molar refractivity (Wildman–Crippen MR) is 138 cm³/mol. The lowest BCUT2D eigenvalue weighted by atomic mass is 10.1. The van der Waals surface area contributed by atoms with E-state index in [4.69, 9.17) is 18.9 Å². The van der Waals surface area contributed by atoms with Gasteiger partial charge in [0.05, 0.1) is 31.3 Å². The summed E-state index contributed by atoms with van der Waals surface area (Å²) in [7, 11) is 6.27. The van der Waals surface area contributed by atoms with Gasteiger partial charge in [-0.1, -0.05) is 13.0 Å². The van der Waals surface area contributed by atoms with Gasteiger partial charge in [-0.15, -0.1) is 11.3 Å². The number of rotatable bonds is 11. The highest BCUT2D eigenvalue weighted by atomic mass is 32.1. The molecule has 0 unspecified atom stereocenters. The summed E-state index contributed by atoms with van der Waals surface area (Å²) in [5.41, 5.74) is 0.697. The van der Waals surface area contributed by atoms with E-state index in [0.717, 1.165) is 11.3 Å². The average Bonchev–Trinajstić information content (AvgIpc) is 3.49. The number of methoxy groups -OCH3 is 2. The molecule has 0 aliphatic carbocycles. The Morgan fingerprint density at radius 2 is 1.78 bits per heavy atom. The smallest absolute Gasteiger partial charge is 0.341 e. The van der Waals surface area contributed by atoms with Gasteiger partial charge < -0.3 is 29.2 Å². The van der Waals surface area contributed by atoms with Crippen LogP contribution in [0, 0.1) is 6.92 Å². The summed E-state index contributed by atoms with van der Waals surface area (Å²) in [6.45, 7) is 3.74. The van der Waals surface area contributed by atoms with Gasteiger partial charge in [-0.05, 0) is 37.1 Å². The summed E-state index contributed by atoms with van der Waals surface area (Å²) >= 11 is 1.02. The van der Waals surface area contributed by atoms with E-state index >= 15 is 0 Å². The lowest BCUT2D eigenvalue weighted by molar-refractivity contribution is 0.0506. The van der Waals surface area contributed by atoms with E-state index in [1.165, 1.54) is 29.9 Å². The fraction of sp³-hybridized carbons (Fsp3) is 0.360. The number of esters is 1. The Kier molecular flexibility index (Phi) is 9.12. The Morgan fingerprint density at radius 3 is 2.38 bits per heavy atom. The van der Waals surface area contributed by atoms with E-state index in [9.17, 15) is 14.4 Å². The van der Waals surface area contributed by atoms with Crippen molar-refractivity contribution in [2.24, 2.45) is 0 Å². The first-order chi connectivity index (χ1) is 17.7. The van der Waals surface area contributed by atoms with Crippen molar-refractivity contribution < 1.29 is 33.3 Å². The first-order valence-corrected chi connectivity index (χ1v) is 12.2. The van der Waals surface area contributed by atoms with E-state index in [-0.39, 0.29) is 35.5 Å². The van der Waals surface area contributed by atoms with Crippen molar-refractivity contribution in [2.45, 2.75) is 27.0 Å². The van der Waals surface area contributed by atoms with Gasteiger partial charge in [-0.2, -0.15) is 5.10 Å². The molecular formula is C25H30N4O7S. The molecule has 0 atom stereocenters. The molecule has 2 aromatic heterocycles. The zero-order chi connectivity index (χ0) is 27.1.